The Balaban J connectivity index is 0.00000113. The molecule has 0 aliphatic heterocycles. The molecule has 0 saturated heterocycles. The summed E-state index contributed by atoms with van der Waals surface area (Å²) in [4.78, 5) is 16.0. The van der Waals surface area contributed by atoms with Crippen molar-refractivity contribution in [1.82, 2.24) is 15.0 Å². The first kappa shape index (κ1) is 19.9. The van der Waals surface area contributed by atoms with Crippen LogP contribution in [0.4, 0.5) is 5.82 Å². The molecule has 4 rings (SSSR count). The van der Waals surface area contributed by atoms with Crippen LogP contribution in [0.15, 0.2) is 30.6 Å². The van der Waals surface area contributed by atoms with Crippen LogP contribution in [0.1, 0.15) is 54.6 Å². The van der Waals surface area contributed by atoms with Gasteiger partial charge in [-0.2, -0.15) is 0 Å². The summed E-state index contributed by atoms with van der Waals surface area (Å²) in [6, 6.07) is 6.56. The summed E-state index contributed by atoms with van der Waals surface area (Å²) in [5.74, 6) is 3.11. The van der Waals surface area contributed by atoms with Crippen molar-refractivity contribution < 1.29 is 0 Å². The first-order valence-corrected chi connectivity index (χ1v) is 8.43. The molecule has 0 spiro atoms. The topological polar surface area (TPSA) is 67.9 Å². The monoisotopic (exact) mass is 381 g/mol. The van der Waals surface area contributed by atoms with Crippen molar-refractivity contribution in [1.29, 1.82) is 0 Å². The molecule has 0 bridgehead atoms. The summed E-state index contributed by atoms with van der Waals surface area (Å²) >= 11 is 0. The molecule has 2 aliphatic carbocycles. The van der Waals surface area contributed by atoms with Crippen LogP contribution in [0.3, 0.4) is 0 Å². The van der Waals surface area contributed by atoms with E-state index in [1.807, 2.05) is 12.3 Å². The Bertz CT molecular complexity index is 687. The average Bonchev–Trinajstić information content (AvgIpc) is 3.37. The highest BCUT2D eigenvalue weighted by molar-refractivity contribution is 5.85. The maximum atomic E-state index is 5.96. The molecule has 2 aromatic rings. The van der Waals surface area contributed by atoms with Crippen LogP contribution in [0.2, 0.25) is 0 Å². The fourth-order valence-corrected chi connectivity index (χ4v) is 3.15. The van der Waals surface area contributed by atoms with E-state index in [4.69, 9.17) is 15.7 Å². The highest BCUT2D eigenvalue weighted by atomic mass is 35.5. The minimum Gasteiger partial charge on any atom is -0.355 e. The van der Waals surface area contributed by atoms with E-state index in [1.54, 1.807) is 6.20 Å². The number of nitrogens with two attached hydrogens (primary N) is 1. The van der Waals surface area contributed by atoms with Gasteiger partial charge in [0.1, 0.15) is 11.6 Å². The molecule has 0 atom stereocenters. The summed E-state index contributed by atoms with van der Waals surface area (Å²) in [7, 11) is 2.09. The minimum atomic E-state index is 0. The average molecular weight is 382 g/mol. The van der Waals surface area contributed by atoms with Crippen molar-refractivity contribution in [3.63, 3.8) is 0 Å². The van der Waals surface area contributed by atoms with Gasteiger partial charge in [0.05, 0.1) is 0 Å². The van der Waals surface area contributed by atoms with Gasteiger partial charge in [-0.05, 0) is 37.3 Å². The van der Waals surface area contributed by atoms with Gasteiger partial charge in [0.15, 0.2) is 0 Å². The molecule has 7 heteroatoms. The summed E-state index contributed by atoms with van der Waals surface area (Å²) in [5.41, 5.74) is 8.32. The van der Waals surface area contributed by atoms with Crippen LogP contribution >= 0.6 is 24.8 Å². The molecular weight excluding hydrogens is 357 g/mol. The van der Waals surface area contributed by atoms with Gasteiger partial charge in [0, 0.05) is 55.6 Å². The van der Waals surface area contributed by atoms with E-state index < -0.39 is 0 Å². The maximum absolute atomic E-state index is 5.96. The molecule has 5 nitrogen and oxygen atoms in total. The Morgan fingerprint density at radius 3 is 2.52 bits per heavy atom. The highest BCUT2D eigenvalue weighted by Crippen LogP contribution is 2.41. The Labute approximate surface area is 161 Å². The van der Waals surface area contributed by atoms with Crippen molar-refractivity contribution in [2.45, 2.75) is 50.1 Å². The smallest absolute Gasteiger partial charge is 0.134 e. The SMILES string of the molecule is CN(Cc1cccnc1)c1cc(C2CC(N)C2)nc(C2CC2)n1.Cl.Cl. The van der Waals surface area contributed by atoms with Gasteiger partial charge in [0.25, 0.3) is 0 Å². The van der Waals surface area contributed by atoms with Crippen LogP contribution in [-0.4, -0.2) is 28.0 Å². The second kappa shape index (κ2) is 8.30. The molecule has 0 aromatic carbocycles. The lowest BCUT2D eigenvalue weighted by atomic mass is 9.78. The van der Waals surface area contributed by atoms with Crippen molar-refractivity contribution in [3.05, 3.63) is 47.7 Å². The number of halogens is 2. The van der Waals surface area contributed by atoms with Crippen molar-refractivity contribution in [3.8, 4) is 0 Å². The predicted octanol–water partition coefficient (Wildman–Crippen LogP) is 3.43. The molecule has 0 amide bonds. The van der Waals surface area contributed by atoms with Gasteiger partial charge in [-0.3, -0.25) is 4.98 Å². The van der Waals surface area contributed by atoms with Crippen LogP contribution < -0.4 is 10.6 Å². The normalized spacial score (nSPS) is 21.5. The summed E-state index contributed by atoms with van der Waals surface area (Å²) in [6.45, 7) is 0.804. The van der Waals surface area contributed by atoms with E-state index in [1.165, 1.54) is 24.1 Å². The summed E-state index contributed by atoms with van der Waals surface area (Å²) in [5, 5.41) is 0. The maximum Gasteiger partial charge on any atom is 0.134 e. The van der Waals surface area contributed by atoms with E-state index in [0.29, 0.717) is 17.9 Å². The lowest BCUT2D eigenvalue weighted by Gasteiger charge is -2.32. The Morgan fingerprint density at radius 2 is 1.92 bits per heavy atom. The zero-order valence-electron chi connectivity index (χ0n) is 14.3. The Morgan fingerprint density at radius 1 is 1.16 bits per heavy atom. The van der Waals surface area contributed by atoms with Crippen LogP contribution in [-0.2, 0) is 6.54 Å². The third-order valence-corrected chi connectivity index (χ3v) is 4.82. The number of aromatic nitrogens is 3. The first-order valence-electron chi connectivity index (χ1n) is 8.43. The van der Waals surface area contributed by atoms with Gasteiger partial charge in [0.2, 0.25) is 0 Å². The number of hydrogen-bond acceptors (Lipinski definition) is 5. The standard InChI is InChI=1S/C18H23N5.2ClH/c1-23(11-12-3-2-6-20-10-12)17-9-16(14-7-15(19)8-14)21-18(22-17)13-4-5-13;;/h2-3,6,9-10,13-15H,4-5,7-8,11,19H2,1H3;2*1H. The lowest BCUT2D eigenvalue weighted by molar-refractivity contribution is 0.344. The third kappa shape index (κ3) is 4.60. The molecule has 0 unspecified atom stereocenters. The molecule has 2 aromatic heterocycles. The molecule has 25 heavy (non-hydrogen) atoms. The predicted molar refractivity (Wildman–Crippen MR) is 105 cm³/mol. The number of anilines is 1. The van der Waals surface area contributed by atoms with Gasteiger partial charge in [-0.25, -0.2) is 9.97 Å². The van der Waals surface area contributed by atoms with Crippen LogP contribution in [0.25, 0.3) is 0 Å². The molecule has 2 saturated carbocycles. The summed E-state index contributed by atoms with van der Waals surface area (Å²) in [6.07, 6.45) is 8.25. The quantitative estimate of drug-likeness (QED) is 0.858. The van der Waals surface area contributed by atoms with E-state index in [0.717, 1.165) is 31.0 Å². The molecule has 2 aliphatic rings. The van der Waals surface area contributed by atoms with Gasteiger partial charge in [-0.15, -0.1) is 24.8 Å². The number of hydrogen-bond donors (Lipinski definition) is 1. The Hall–Kier alpha value is -1.43. The van der Waals surface area contributed by atoms with E-state index in [2.05, 4.69) is 29.1 Å². The van der Waals surface area contributed by atoms with Crippen molar-refractivity contribution in [2.24, 2.45) is 5.73 Å². The van der Waals surface area contributed by atoms with Crippen LogP contribution in [0, 0.1) is 0 Å². The fourth-order valence-electron chi connectivity index (χ4n) is 3.15. The molecular formula is C18H25Cl2N5. The molecule has 0 radical (unpaired) electrons. The zero-order valence-corrected chi connectivity index (χ0v) is 16.0. The zero-order chi connectivity index (χ0) is 15.8. The molecule has 2 fully saturated rings. The Kier molecular flexibility index (Phi) is 6.60. The lowest BCUT2D eigenvalue weighted by Crippen LogP contribution is -2.35. The highest BCUT2D eigenvalue weighted by Gasteiger charge is 2.32. The van der Waals surface area contributed by atoms with E-state index in [9.17, 15) is 0 Å². The molecule has 136 valence electrons. The number of nitrogens with zero attached hydrogens (tertiary/aromatic N) is 4. The van der Waals surface area contributed by atoms with Crippen molar-refractivity contribution >= 4 is 30.6 Å². The third-order valence-electron chi connectivity index (χ3n) is 4.82. The molecule has 2 heterocycles. The number of pyridine rings is 1. The second-order valence-electron chi connectivity index (χ2n) is 6.93. The van der Waals surface area contributed by atoms with Gasteiger partial charge in [-0.1, -0.05) is 6.07 Å². The minimum absolute atomic E-state index is 0. The van der Waals surface area contributed by atoms with Gasteiger partial charge < -0.3 is 10.6 Å². The number of rotatable bonds is 5. The van der Waals surface area contributed by atoms with Crippen molar-refractivity contribution in [2.75, 3.05) is 11.9 Å². The van der Waals surface area contributed by atoms with Gasteiger partial charge >= 0.3 is 0 Å². The largest absolute Gasteiger partial charge is 0.355 e. The first-order chi connectivity index (χ1) is 11.2. The van der Waals surface area contributed by atoms with E-state index >= 15 is 0 Å². The second-order valence-corrected chi connectivity index (χ2v) is 6.93. The molecule has 2 N–H and O–H groups in total. The van der Waals surface area contributed by atoms with E-state index in [-0.39, 0.29) is 24.8 Å². The fraction of sp³-hybridized carbons (Fsp3) is 0.500. The van der Waals surface area contributed by atoms with Crippen LogP contribution in [0.5, 0.6) is 0 Å². The summed E-state index contributed by atoms with van der Waals surface area (Å²) < 4.78 is 0.